The highest BCUT2D eigenvalue weighted by Crippen LogP contribution is 2.09. The molecule has 0 spiro atoms. The van der Waals surface area contributed by atoms with E-state index in [0.717, 1.165) is 5.75 Å². The van der Waals surface area contributed by atoms with Crippen molar-refractivity contribution in [1.29, 1.82) is 0 Å². The maximum atomic E-state index is 8.74. The van der Waals surface area contributed by atoms with Gasteiger partial charge in [0.2, 0.25) is 0 Å². The van der Waals surface area contributed by atoms with E-state index in [1.807, 2.05) is 0 Å². The molecule has 0 heterocycles. The van der Waals surface area contributed by atoms with Crippen LogP contribution < -0.4 is 0 Å². The van der Waals surface area contributed by atoms with Gasteiger partial charge in [-0.05, 0) is 12.2 Å². The van der Waals surface area contributed by atoms with Crippen molar-refractivity contribution in [3.8, 4) is 0 Å². The summed E-state index contributed by atoms with van der Waals surface area (Å²) in [5.41, 5.74) is 0. The van der Waals surface area contributed by atoms with Gasteiger partial charge in [-0.1, -0.05) is 32.8 Å². The molecule has 0 unspecified atom stereocenters. The van der Waals surface area contributed by atoms with E-state index in [2.05, 4.69) is 13.5 Å². The third-order valence-electron chi connectivity index (χ3n) is 1.41. The van der Waals surface area contributed by atoms with Crippen molar-refractivity contribution in [2.45, 2.75) is 32.6 Å². The van der Waals surface area contributed by atoms with Crippen molar-refractivity contribution < 1.29 is 5.11 Å². The van der Waals surface area contributed by atoms with E-state index >= 15 is 0 Å². The molecule has 0 aromatic heterocycles. The molecule has 0 saturated heterocycles. The first kappa shape index (κ1) is 10.9. The lowest BCUT2D eigenvalue weighted by atomic mass is 10.2. The SMILES string of the molecule is C=C(O)CSCCCCCC. The lowest BCUT2D eigenvalue weighted by molar-refractivity contribution is 0.420. The highest BCUT2D eigenvalue weighted by molar-refractivity contribution is 7.99. The quantitative estimate of drug-likeness (QED) is 0.471. The van der Waals surface area contributed by atoms with Crippen LogP contribution in [0.25, 0.3) is 0 Å². The zero-order chi connectivity index (χ0) is 8.53. The Bertz CT molecular complexity index is 102. The van der Waals surface area contributed by atoms with E-state index in [1.165, 1.54) is 25.7 Å². The summed E-state index contributed by atoms with van der Waals surface area (Å²) in [6.07, 6.45) is 5.21. The van der Waals surface area contributed by atoms with Crippen LogP contribution >= 0.6 is 11.8 Å². The fraction of sp³-hybridized carbons (Fsp3) is 0.778. The molecule has 0 atom stereocenters. The van der Waals surface area contributed by atoms with Gasteiger partial charge in [0, 0.05) is 0 Å². The van der Waals surface area contributed by atoms with E-state index in [4.69, 9.17) is 5.11 Å². The molecule has 0 aliphatic rings. The molecular formula is C9H18OS. The van der Waals surface area contributed by atoms with Crippen molar-refractivity contribution in [3.63, 3.8) is 0 Å². The van der Waals surface area contributed by atoms with Crippen LogP contribution in [0, 0.1) is 0 Å². The van der Waals surface area contributed by atoms with Crippen LogP contribution in [0.4, 0.5) is 0 Å². The summed E-state index contributed by atoms with van der Waals surface area (Å²) in [5.74, 6) is 2.15. The molecule has 0 rings (SSSR count). The molecule has 0 aromatic rings. The number of rotatable bonds is 7. The summed E-state index contributed by atoms with van der Waals surface area (Å²) >= 11 is 1.76. The summed E-state index contributed by atoms with van der Waals surface area (Å²) in [6, 6.07) is 0. The molecule has 0 aliphatic heterocycles. The second kappa shape index (κ2) is 7.99. The van der Waals surface area contributed by atoms with Crippen LogP contribution in [0.2, 0.25) is 0 Å². The Balaban J connectivity index is 2.85. The van der Waals surface area contributed by atoms with Gasteiger partial charge in [-0.15, -0.1) is 0 Å². The van der Waals surface area contributed by atoms with Gasteiger partial charge in [-0.3, -0.25) is 0 Å². The van der Waals surface area contributed by atoms with Crippen LogP contribution in [0.3, 0.4) is 0 Å². The highest BCUT2D eigenvalue weighted by Gasteiger charge is 1.91. The first-order valence-electron chi connectivity index (χ1n) is 4.22. The predicted molar refractivity (Wildman–Crippen MR) is 53.2 cm³/mol. The molecule has 1 N–H and O–H groups in total. The Morgan fingerprint density at radius 2 is 2.09 bits per heavy atom. The monoisotopic (exact) mass is 174 g/mol. The molecule has 0 aromatic carbocycles. The van der Waals surface area contributed by atoms with Gasteiger partial charge in [0.15, 0.2) is 0 Å². The van der Waals surface area contributed by atoms with Crippen LogP contribution in [0.15, 0.2) is 12.3 Å². The number of hydrogen-bond donors (Lipinski definition) is 1. The smallest absolute Gasteiger partial charge is 0.0949 e. The number of aliphatic hydroxyl groups is 1. The minimum atomic E-state index is 0.297. The van der Waals surface area contributed by atoms with Crippen LogP contribution in [-0.2, 0) is 0 Å². The number of aliphatic hydroxyl groups excluding tert-OH is 1. The third-order valence-corrected chi connectivity index (χ3v) is 2.53. The lowest BCUT2D eigenvalue weighted by Gasteiger charge is -1.99. The molecular weight excluding hydrogens is 156 g/mol. The van der Waals surface area contributed by atoms with E-state index in [9.17, 15) is 0 Å². The zero-order valence-electron chi connectivity index (χ0n) is 7.31. The summed E-state index contributed by atoms with van der Waals surface area (Å²) in [7, 11) is 0. The average molecular weight is 174 g/mol. The minimum Gasteiger partial charge on any atom is -0.512 e. The Morgan fingerprint density at radius 1 is 1.36 bits per heavy atom. The molecule has 1 nitrogen and oxygen atoms in total. The molecule has 66 valence electrons. The van der Waals surface area contributed by atoms with Gasteiger partial charge in [0.1, 0.15) is 0 Å². The van der Waals surface area contributed by atoms with Crippen molar-refractivity contribution in [2.75, 3.05) is 11.5 Å². The molecule has 11 heavy (non-hydrogen) atoms. The Kier molecular flexibility index (Phi) is 7.91. The van der Waals surface area contributed by atoms with E-state index in [-0.39, 0.29) is 0 Å². The Morgan fingerprint density at radius 3 is 2.64 bits per heavy atom. The number of unbranched alkanes of at least 4 members (excludes halogenated alkanes) is 3. The Hall–Kier alpha value is -0.110. The first-order chi connectivity index (χ1) is 5.27. The van der Waals surface area contributed by atoms with Crippen molar-refractivity contribution in [2.24, 2.45) is 0 Å². The molecule has 0 amide bonds. The van der Waals surface area contributed by atoms with Crippen molar-refractivity contribution in [1.82, 2.24) is 0 Å². The van der Waals surface area contributed by atoms with Crippen LogP contribution in [0.1, 0.15) is 32.6 Å². The van der Waals surface area contributed by atoms with Gasteiger partial charge in [-0.2, -0.15) is 11.8 Å². The van der Waals surface area contributed by atoms with Gasteiger partial charge in [0.25, 0.3) is 0 Å². The fourth-order valence-electron chi connectivity index (χ4n) is 0.821. The van der Waals surface area contributed by atoms with Crippen molar-refractivity contribution in [3.05, 3.63) is 12.3 Å². The minimum absolute atomic E-state index is 0.297. The lowest BCUT2D eigenvalue weighted by Crippen LogP contribution is -1.86. The molecule has 0 fully saturated rings. The summed E-state index contributed by atoms with van der Waals surface area (Å²) in [6.45, 7) is 5.63. The zero-order valence-corrected chi connectivity index (χ0v) is 8.12. The molecule has 2 heteroatoms. The first-order valence-corrected chi connectivity index (χ1v) is 5.37. The standard InChI is InChI=1S/C9H18OS/c1-3-4-5-6-7-11-8-9(2)10/h10H,2-8H2,1H3. The fourth-order valence-corrected chi connectivity index (χ4v) is 1.61. The van der Waals surface area contributed by atoms with Gasteiger partial charge in [0.05, 0.1) is 11.5 Å². The van der Waals surface area contributed by atoms with Gasteiger partial charge >= 0.3 is 0 Å². The van der Waals surface area contributed by atoms with E-state index in [0.29, 0.717) is 11.5 Å². The number of hydrogen-bond acceptors (Lipinski definition) is 2. The van der Waals surface area contributed by atoms with Gasteiger partial charge in [-0.25, -0.2) is 0 Å². The normalized spacial score (nSPS) is 9.91. The van der Waals surface area contributed by atoms with Crippen LogP contribution in [-0.4, -0.2) is 16.6 Å². The highest BCUT2D eigenvalue weighted by atomic mass is 32.2. The second-order valence-electron chi connectivity index (χ2n) is 2.68. The summed E-state index contributed by atoms with van der Waals surface area (Å²) < 4.78 is 0. The van der Waals surface area contributed by atoms with Gasteiger partial charge < -0.3 is 5.11 Å². The van der Waals surface area contributed by atoms with Crippen LogP contribution in [0.5, 0.6) is 0 Å². The Labute approximate surface area is 73.9 Å². The third kappa shape index (κ3) is 9.89. The second-order valence-corrected chi connectivity index (χ2v) is 3.78. The largest absolute Gasteiger partial charge is 0.512 e. The maximum Gasteiger partial charge on any atom is 0.0949 e. The molecule has 0 bridgehead atoms. The molecule has 0 saturated carbocycles. The van der Waals surface area contributed by atoms with E-state index in [1.54, 1.807) is 11.8 Å². The molecule has 0 radical (unpaired) electrons. The summed E-state index contributed by atoms with van der Waals surface area (Å²) in [4.78, 5) is 0. The average Bonchev–Trinajstić information content (AvgIpc) is 1.96. The van der Waals surface area contributed by atoms with E-state index < -0.39 is 0 Å². The predicted octanol–water partition coefficient (Wildman–Crippen LogP) is 3.37. The molecule has 0 aliphatic carbocycles. The maximum absolute atomic E-state index is 8.74. The number of thioether (sulfide) groups is 1. The van der Waals surface area contributed by atoms with Crippen molar-refractivity contribution >= 4 is 11.8 Å². The summed E-state index contributed by atoms with van der Waals surface area (Å²) in [5, 5.41) is 8.74. The topological polar surface area (TPSA) is 20.2 Å².